The van der Waals surface area contributed by atoms with Crippen LogP contribution in [0.15, 0.2) is 40.4 Å². The van der Waals surface area contributed by atoms with Crippen LogP contribution in [0.2, 0.25) is 0 Å². The van der Waals surface area contributed by atoms with E-state index in [1.807, 2.05) is 42.0 Å². The summed E-state index contributed by atoms with van der Waals surface area (Å²) in [6.45, 7) is 6.87. The smallest absolute Gasteiger partial charge is 0.233 e. The Morgan fingerprint density at radius 2 is 1.97 bits per heavy atom. The summed E-state index contributed by atoms with van der Waals surface area (Å²) in [5, 5.41) is 20.8. The lowest BCUT2D eigenvalue weighted by Crippen LogP contribution is -2.53. The summed E-state index contributed by atoms with van der Waals surface area (Å²) < 4.78 is 0. The number of carbonyl (C=O) groups is 2. The molecule has 1 spiro atoms. The fourth-order valence-corrected chi connectivity index (χ4v) is 5.85. The van der Waals surface area contributed by atoms with E-state index in [9.17, 15) is 14.7 Å². The number of likely N-dealkylation sites (tertiary alicyclic amines) is 2. The molecule has 1 amide bonds. The van der Waals surface area contributed by atoms with Gasteiger partial charge in [-0.3, -0.25) is 15.0 Å². The van der Waals surface area contributed by atoms with Gasteiger partial charge in [-0.1, -0.05) is 11.3 Å². The fourth-order valence-electron chi connectivity index (χ4n) is 5.85. The third kappa shape index (κ3) is 4.22. The summed E-state index contributed by atoms with van der Waals surface area (Å²) in [6, 6.07) is 5.97. The SMILES string of the molecule is Cc1cc(N2N=NNC2C)ccc1C(O)CN1CCC2(CCCN(C3=CC(=O)CC3)C2=O)CC1. The van der Waals surface area contributed by atoms with E-state index in [4.69, 9.17) is 0 Å². The molecule has 0 saturated carbocycles. The first-order chi connectivity index (χ1) is 16.4. The molecule has 2 saturated heterocycles. The quantitative estimate of drug-likeness (QED) is 0.692. The van der Waals surface area contributed by atoms with E-state index in [1.54, 1.807) is 6.08 Å². The first-order valence-corrected chi connectivity index (χ1v) is 12.4. The maximum Gasteiger partial charge on any atom is 0.233 e. The number of aryl methyl sites for hydroxylation is 1. The Hall–Kier alpha value is -2.78. The third-order valence-corrected chi connectivity index (χ3v) is 7.91. The van der Waals surface area contributed by atoms with Crippen LogP contribution < -0.4 is 10.4 Å². The molecule has 2 atom stereocenters. The Bertz CT molecular complexity index is 1030. The van der Waals surface area contributed by atoms with E-state index in [0.29, 0.717) is 19.4 Å². The van der Waals surface area contributed by atoms with Gasteiger partial charge in [0, 0.05) is 31.3 Å². The number of nitrogens with zero attached hydrogens (tertiary/aromatic N) is 5. The van der Waals surface area contributed by atoms with Gasteiger partial charge in [0.25, 0.3) is 0 Å². The molecule has 4 aliphatic rings. The van der Waals surface area contributed by atoms with Gasteiger partial charge in [-0.05, 0) is 87.5 Å². The van der Waals surface area contributed by atoms with Crippen molar-refractivity contribution in [3.63, 3.8) is 0 Å². The number of ketones is 1. The number of hydrogen-bond acceptors (Lipinski definition) is 8. The molecule has 2 unspecified atom stereocenters. The number of allylic oxidation sites excluding steroid dienone is 2. The van der Waals surface area contributed by atoms with Gasteiger partial charge in [-0.15, -0.1) is 0 Å². The lowest BCUT2D eigenvalue weighted by atomic mass is 9.71. The number of hydrogen-bond donors (Lipinski definition) is 2. The van der Waals surface area contributed by atoms with Crippen LogP contribution in [0.25, 0.3) is 0 Å². The maximum atomic E-state index is 13.4. The topological polar surface area (TPSA) is 101 Å². The van der Waals surface area contributed by atoms with Gasteiger partial charge >= 0.3 is 0 Å². The predicted molar refractivity (Wildman–Crippen MR) is 127 cm³/mol. The second-order valence-corrected chi connectivity index (χ2v) is 10.1. The van der Waals surface area contributed by atoms with Crippen LogP contribution in [0.4, 0.5) is 5.69 Å². The van der Waals surface area contributed by atoms with E-state index in [0.717, 1.165) is 67.8 Å². The predicted octanol–water partition coefficient (Wildman–Crippen LogP) is 3.02. The molecule has 34 heavy (non-hydrogen) atoms. The molecule has 5 rings (SSSR count). The average Bonchev–Trinajstić information content (AvgIpc) is 3.45. The average molecular weight is 467 g/mol. The number of nitrogens with one attached hydrogen (secondary N) is 1. The van der Waals surface area contributed by atoms with Crippen molar-refractivity contribution in [2.24, 2.45) is 15.9 Å². The summed E-state index contributed by atoms with van der Waals surface area (Å²) in [5.74, 6) is 0.333. The first-order valence-electron chi connectivity index (χ1n) is 12.4. The standard InChI is InChI=1S/C25H34N6O3/c1-17-14-20(31-18(2)26-27-28-31)5-7-22(17)23(33)16-29-12-9-25(10-13-29)8-3-11-30(24(25)34)19-4-6-21(32)15-19/h5,7,14-15,18,23,33H,3-4,6,8-13,16H2,1-2H3,(H,26,28). The van der Waals surface area contributed by atoms with Crippen LogP contribution in [-0.4, -0.2) is 58.9 Å². The van der Waals surface area contributed by atoms with Gasteiger partial charge in [0.05, 0.1) is 17.2 Å². The lowest BCUT2D eigenvalue weighted by Gasteiger charge is -2.47. The number of piperidine rings is 2. The number of aliphatic hydroxyl groups excluding tert-OH is 1. The minimum absolute atomic E-state index is 0.000265. The zero-order chi connectivity index (χ0) is 23.9. The molecule has 9 heteroatoms. The number of rotatable bonds is 5. The Kier molecular flexibility index (Phi) is 6.16. The molecule has 9 nitrogen and oxygen atoms in total. The number of carbonyl (C=O) groups excluding carboxylic acids is 2. The lowest BCUT2D eigenvalue weighted by molar-refractivity contribution is -0.147. The molecule has 2 N–H and O–H groups in total. The maximum absolute atomic E-state index is 13.4. The highest BCUT2D eigenvalue weighted by Crippen LogP contribution is 2.43. The van der Waals surface area contributed by atoms with Gasteiger partial charge < -0.3 is 14.9 Å². The zero-order valence-corrected chi connectivity index (χ0v) is 20.0. The monoisotopic (exact) mass is 466 g/mol. The molecule has 0 bridgehead atoms. The van der Waals surface area contributed by atoms with Crippen molar-refractivity contribution in [1.82, 2.24) is 15.2 Å². The van der Waals surface area contributed by atoms with Crippen LogP contribution in [0.5, 0.6) is 0 Å². The summed E-state index contributed by atoms with van der Waals surface area (Å²) in [6.07, 6.45) is 5.80. The molecule has 0 aromatic heterocycles. The molecule has 1 aromatic carbocycles. The Morgan fingerprint density at radius 1 is 1.18 bits per heavy atom. The Morgan fingerprint density at radius 3 is 2.62 bits per heavy atom. The van der Waals surface area contributed by atoms with E-state index in [-0.39, 0.29) is 23.3 Å². The van der Waals surface area contributed by atoms with Crippen LogP contribution in [0.3, 0.4) is 0 Å². The molecule has 1 aliphatic carbocycles. The highest BCUT2D eigenvalue weighted by Gasteiger charge is 2.46. The number of amides is 1. The van der Waals surface area contributed by atoms with E-state index < -0.39 is 6.10 Å². The molecule has 3 aliphatic heterocycles. The van der Waals surface area contributed by atoms with Crippen molar-refractivity contribution in [3.8, 4) is 0 Å². The van der Waals surface area contributed by atoms with Crippen LogP contribution >= 0.6 is 0 Å². The number of benzene rings is 1. The van der Waals surface area contributed by atoms with Crippen molar-refractivity contribution < 1.29 is 14.7 Å². The second-order valence-electron chi connectivity index (χ2n) is 10.1. The van der Waals surface area contributed by atoms with Gasteiger partial charge in [0.15, 0.2) is 5.78 Å². The van der Waals surface area contributed by atoms with Crippen molar-refractivity contribution in [2.75, 3.05) is 31.2 Å². The molecule has 0 radical (unpaired) electrons. The van der Waals surface area contributed by atoms with Gasteiger partial charge in [-0.2, -0.15) is 0 Å². The summed E-state index contributed by atoms with van der Waals surface area (Å²) in [5.41, 5.74) is 6.37. The fraction of sp³-hybridized carbons (Fsp3) is 0.600. The first kappa shape index (κ1) is 23.0. The van der Waals surface area contributed by atoms with Crippen molar-refractivity contribution >= 4 is 17.4 Å². The highest BCUT2D eigenvalue weighted by molar-refractivity contribution is 5.95. The van der Waals surface area contributed by atoms with Gasteiger partial charge in [0.1, 0.15) is 6.17 Å². The molecular weight excluding hydrogens is 432 g/mol. The van der Waals surface area contributed by atoms with Crippen molar-refractivity contribution in [1.29, 1.82) is 0 Å². The van der Waals surface area contributed by atoms with Crippen molar-refractivity contribution in [3.05, 3.63) is 41.1 Å². The number of anilines is 1. The largest absolute Gasteiger partial charge is 0.387 e. The normalized spacial score (nSPS) is 25.7. The number of aliphatic hydroxyl groups is 1. The van der Waals surface area contributed by atoms with Gasteiger partial charge in [-0.25, -0.2) is 5.01 Å². The summed E-state index contributed by atoms with van der Waals surface area (Å²) >= 11 is 0. The molecule has 1 aromatic rings. The van der Waals surface area contributed by atoms with Crippen LogP contribution in [0, 0.1) is 12.3 Å². The van der Waals surface area contributed by atoms with Crippen LogP contribution in [-0.2, 0) is 9.59 Å². The van der Waals surface area contributed by atoms with Gasteiger partial charge in [0.2, 0.25) is 5.91 Å². The third-order valence-electron chi connectivity index (χ3n) is 7.91. The summed E-state index contributed by atoms with van der Waals surface area (Å²) in [7, 11) is 0. The highest BCUT2D eigenvalue weighted by atomic mass is 16.3. The Balaban J connectivity index is 1.20. The molecule has 2 fully saturated rings. The summed E-state index contributed by atoms with van der Waals surface area (Å²) in [4.78, 5) is 29.3. The molecule has 182 valence electrons. The van der Waals surface area contributed by atoms with Crippen LogP contribution in [0.1, 0.15) is 62.7 Å². The minimum atomic E-state index is -0.591. The Labute approximate surface area is 200 Å². The molecule has 3 heterocycles. The van der Waals surface area contributed by atoms with E-state index in [1.165, 1.54) is 0 Å². The van der Waals surface area contributed by atoms with E-state index >= 15 is 0 Å². The van der Waals surface area contributed by atoms with E-state index in [2.05, 4.69) is 20.8 Å². The number of β-amino-alcohol motifs (C(OH)–C–C–N with tert-alkyl or cyclic N) is 1. The molecular formula is C25H34N6O3. The minimum Gasteiger partial charge on any atom is -0.387 e. The zero-order valence-electron chi connectivity index (χ0n) is 20.0. The second kappa shape index (κ2) is 9.11. The van der Waals surface area contributed by atoms with Crippen molar-refractivity contribution in [2.45, 2.75) is 64.6 Å².